The molecule has 0 N–H and O–H groups in total. The second-order valence-corrected chi connectivity index (χ2v) is 13.0. The second kappa shape index (κ2) is 6.29. The van der Waals surface area contributed by atoms with Crippen molar-refractivity contribution in [1.29, 1.82) is 0 Å². The first-order valence-corrected chi connectivity index (χ1v) is 10.4. The smallest absolute Gasteiger partial charge is 0.126 e. The van der Waals surface area contributed by atoms with Crippen LogP contribution >= 0.6 is 56.4 Å². The van der Waals surface area contributed by atoms with Gasteiger partial charge < -0.3 is 0 Å². The van der Waals surface area contributed by atoms with Gasteiger partial charge in [0.15, 0.2) is 0 Å². The first-order chi connectivity index (χ1) is 5.89. The minimum Gasteiger partial charge on any atom is -0.126 e. The van der Waals surface area contributed by atoms with Gasteiger partial charge in [-0.1, -0.05) is 13.3 Å². The van der Waals surface area contributed by atoms with Gasteiger partial charge in [0, 0.05) is 11.8 Å². The van der Waals surface area contributed by atoms with Crippen LogP contribution in [-0.2, 0) is 0 Å². The van der Waals surface area contributed by atoms with Crippen molar-refractivity contribution in [3.8, 4) is 0 Å². The highest BCUT2D eigenvalue weighted by Gasteiger charge is 2.38. The number of halogens is 5. The Morgan fingerprint density at radius 1 is 1.08 bits per heavy atom. The Labute approximate surface area is 105 Å². The average Bonchev–Trinajstić information content (AvgIpc) is 2.01. The summed E-state index contributed by atoms with van der Waals surface area (Å²) in [6.45, 7) is 2.08. The Morgan fingerprint density at radius 2 is 1.54 bits per heavy atom. The van der Waals surface area contributed by atoms with Crippen molar-refractivity contribution >= 4 is 62.4 Å². The van der Waals surface area contributed by atoms with Crippen LogP contribution in [0, 0.1) is 5.41 Å². The van der Waals surface area contributed by atoms with Crippen LogP contribution in [0.1, 0.15) is 19.8 Å². The van der Waals surface area contributed by atoms with E-state index in [4.69, 9.17) is 56.4 Å². The molecule has 80 valence electrons. The molecule has 0 nitrogen and oxygen atoms in total. The topological polar surface area (TPSA) is 0 Å². The molecule has 0 aromatic heterocycles. The second-order valence-electron chi connectivity index (χ2n) is 3.31. The van der Waals surface area contributed by atoms with Crippen molar-refractivity contribution in [2.75, 3.05) is 11.8 Å². The van der Waals surface area contributed by atoms with Gasteiger partial charge in [0.25, 0.3) is 0 Å². The van der Waals surface area contributed by atoms with Crippen LogP contribution in [-0.4, -0.2) is 17.8 Å². The molecule has 0 aromatic rings. The Bertz CT molecular complexity index is 140. The molecule has 0 aliphatic carbocycles. The Hall–Kier alpha value is 1.67. The molecule has 0 rings (SSSR count). The van der Waals surface area contributed by atoms with E-state index in [-0.39, 0.29) is 5.41 Å². The number of hydrogen-bond acceptors (Lipinski definition) is 0. The molecule has 0 fully saturated rings. The first kappa shape index (κ1) is 14.7. The molecule has 0 heterocycles. The van der Waals surface area contributed by atoms with Crippen LogP contribution in [0.2, 0.25) is 6.04 Å². The molecule has 0 atom stereocenters. The zero-order valence-electron chi connectivity index (χ0n) is 7.43. The average molecular weight is 303 g/mol. The van der Waals surface area contributed by atoms with E-state index in [0.29, 0.717) is 17.8 Å². The fraction of sp³-hybridized carbons (Fsp3) is 1.00. The molecule has 0 unspecified atom stereocenters. The molecule has 0 saturated heterocycles. The third kappa shape index (κ3) is 5.96. The van der Waals surface area contributed by atoms with Gasteiger partial charge in [-0.3, -0.25) is 0 Å². The molecular weight excluding hydrogens is 289 g/mol. The summed E-state index contributed by atoms with van der Waals surface area (Å²) in [5.74, 6) is 0.927. The Morgan fingerprint density at radius 3 is 1.77 bits per heavy atom. The predicted molar refractivity (Wildman–Crippen MR) is 66.9 cm³/mol. The molecule has 0 bridgehead atoms. The van der Waals surface area contributed by atoms with Gasteiger partial charge in [0.05, 0.1) is 0 Å². The molecule has 0 aliphatic heterocycles. The van der Waals surface area contributed by atoms with E-state index in [9.17, 15) is 0 Å². The summed E-state index contributed by atoms with van der Waals surface area (Å²) in [6.07, 6.45) is 1.93. The zero-order valence-corrected chi connectivity index (χ0v) is 12.2. The molecule has 13 heavy (non-hydrogen) atoms. The molecule has 0 amide bonds. The van der Waals surface area contributed by atoms with Crippen molar-refractivity contribution in [1.82, 2.24) is 0 Å². The van der Waals surface area contributed by atoms with Crippen molar-refractivity contribution in [3.63, 3.8) is 0 Å². The van der Waals surface area contributed by atoms with E-state index in [1.54, 1.807) is 0 Å². The summed E-state index contributed by atoms with van der Waals surface area (Å²) in [4.78, 5) is 0. The maximum atomic E-state index is 5.87. The lowest BCUT2D eigenvalue weighted by molar-refractivity contribution is 0.384. The minimum atomic E-state index is -2.62. The van der Waals surface area contributed by atoms with E-state index >= 15 is 0 Å². The largest absolute Gasteiger partial charge is 0.342 e. The molecule has 0 aliphatic rings. The van der Waals surface area contributed by atoms with Crippen LogP contribution in [0.25, 0.3) is 0 Å². The summed E-state index contributed by atoms with van der Waals surface area (Å²) in [6, 6.07) is -2.08. The molecular formula is C7H13Cl5Si. The van der Waals surface area contributed by atoms with Crippen LogP contribution in [0.3, 0.4) is 0 Å². The van der Waals surface area contributed by atoms with E-state index in [0.717, 1.165) is 12.8 Å². The standard InChI is InChI=1S/C7H13Cl5Si/c1-2-3-7(4-8,5-9)6-13(10,11)12/h2-6H2,1H3. The fourth-order valence-electron chi connectivity index (χ4n) is 1.31. The molecule has 6 heteroatoms. The summed E-state index contributed by atoms with van der Waals surface area (Å²) < 4.78 is 0. The van der Waals surface area contributed by atoms with Gasteiger partial charge in [-0.15, -0.1) is 56.4 Å². The number of alkyl halides is 2. The van der Waals surface area contributed by atoms with Gasteiger partial charge in [-0.05, 0) is 17.9 Å². The van der Waals surface area contributed by atoms with Crippen molar-refractivity contribution in [2.45, 2.75) is 25.8 Å². The van der Waals surface area contributed by atoms with Crippen molar-refractivity contribution < 1.29 is 0 Å². The third-order valence-electron chi connectivity index (χ3n) is 1.92. The summed E-state index contributed by atoms with van der Waals surface area (Å²) in [7, 11) is 0. The quantitative estimate of drug-likeness (QED) is 0.372. The van der Waals surface area contributed by atoms with Gasteiger partial charge in [0.1, 0.15) is 0 Å². The predicted octanol–water partition coefficient (Wildman–Crippen LogP) is 4.91. The molecule has 0 saturated carbocycles. The highest BCUT2D eigenvalue weighted by atomic mass is 35.8. The fourth-order valence-corrected chi connectivity index (χ4v) is 6.20. The van der Waals surface area contributed by atoms with Crippen molar-refractivity contribution in [2.24, 2.45) is 5.41 Å². The SMILES string of the molecule is CCCC(CCl)(CCl)C[Si](Cl)(Cl)Cl. The van der Waals surface area contributed by atoms with E-state index in [1.807, 2.05) is 0 Å². The van der Waals surface area contributed by atoms with Gasteiger partial charge in [-0.2, -0.15) is 0 Å². The first-order valence-electron chi connectivity index (χ1n) is 4.08. The molecule has 0 radical (unpaired) electrons. The Kier molecular flexibility index (Phi) is 7.10. The van der Waals surface area contributed by atoms with Crippen LogP contribution < -0.4 is 0 Å². The van der Waals surface area contributed by atoms with Gasteiger partial charge in [-0.25, -0.2) is 0 Å². The highest BCUT2D eigenvalue weighted by molar-refractivity contribution is 7.64. The third-order valence-corrected chi connectivity index (χ3v) is 5.41. The maximum Gasteiger partial charge on any atom is 0.342 e. The van der Waals surface area contributed by atoms with Crippen LogP contribution in [0.4, 0.5) is 0 Å². The highest BCUT2D eigenvalue weighted by Crippen LogP contribution is 2.41. The Balaban J connectivity index is 4.38. The van der Waals surface area contributed by atoms with E-state index in [2.05, 4.69) is 6.92 Å². The molecule has 0 spiro atoms. The van der Waals surface area contributed by atoms with Crippen LogP contribution in [0.15, 0.2) is 0 Å². The summed E-state index contributed by atoms with van der Waals surface area (Å²) in [5, 5.41) is 0. The monoisotopic (exact) mass is 300 g/mol. The minimum absolute atomic E-state index is 0.185. The summed E-state index contributed by atoms with van der Waals surface area (Å²) in [5.41, 5.74) is -0.185. The normalized spacial score (nSPS) is 13.4. The number of rotatable bonds is 6. The lowest BCUT2D eigenvalue weighted by Crippen LogP contribution is -2.31. The van der Waals surface area contributed by atoms with Gasteiger partial charge in [0.2, 0.25) is 0 Å². The summed E-state index contributed by atoms with van der Waals surface area (Å²) >= 11 is 29.3. The molecule has 0 aromatic carbocycles. The number of hydrogen-bond donors (Lipinski definition) is 0. The van der Waals surface area contributed by atoms with Crippen LogP contribution in [0.5, 0.6) is 0 Å². The lowest BCUT2D eigenvalue weighted by atomic mass is 9.90. The van der Waals surface area contributed by atoms with E-state index in [1.165, 1.54) is 0 Å². The lowest BCUT2D eigenvalue weighted by Gasteiger charge is -2.31. The zero-order chi connectivity index (χ0) is 10.5. The maximum absolute atomic E-state index is 5.87. The van der Waals surface area contributed by atoms with Gasteiger partial charge >= 0.3 is 6.00 Å². The van der Waals surface area contributed by atoms with E-state index < -0.39 is 6.00 Å². The van der Waals surface area contributed by atoms with Crippen molar-refractivity contribution in [3.05, 3.63) is 0 Å².